The molecule has 2 aromatic heterocycles. The van der Waals surface area contributed by atoms with Crippen molar-refractivity contribution in [3.8, 4) is 5.75 Å². The molecule has 156 valence electrons. The van der Waals surface area contributed by atoms with E-state index >= 15 is 0 Å². The molecule has 9 heteroatoms. The molecule has 1 atom stereocenters. The van der Waals surface area contributed by atoms with Crippen LogP contribution >= 0.6 is 0 Å². The Morgan fingerprint density at radius 2 is 2.07 bits per heavy atom. The molecule has 1 amide bonds. The maximum Gasteiger partial charge on any atom is 0.258 e. The third-order valence-corrected chi connectivity index (χ3v) is 6.98. The number of nitrogens with one attached hydrogen (secondary N) is 1. The Hall–Kier alpha value is -3.04. The van der Waals surface area contributed by atoms with Crippen molar-refractivity contribution in [1.29, 1.82) is 0 Å². The summed E-state index contributed by atoms with van der Waals surface area (Å²) in [5.74, 6) is 0.208. The van der Waals surface area contributed by atoms with Crippen molar-refractivity contribution in [2.45, 2.75) is 24.3 Å². The standard InChI is InChI=1S/C21H22N4O4S/c1-15-10-23-11-16-4-2-6-19(21(15)16)30(27,28)25-9-7-17(13-25)24-20(26)14-29-18-5-3-8-22-12-18/h2-6,8,10-12,17H,7,9,13-14H2,1H3,(H,24,26)/t17-/m1/s1. The first-order chi connectivity index (χ1) is 14.4. The maximum absolute atomic E-state index is 13.3. The van der Waals surface area contributed by atoms with Crippen LogP contribution in [0.25, 0.3) is 10.8 Å². The Bertz CT molecular complexity index is 1160. The predicted molar refractivity (Wildman–Crippen MR) is 112 cm³/mol. The van der Waals surface area contributed by atoms with E-state index in [2.05, 4.69) is 15.3 Å². The van der Waals surface area contributed by atoms with Crippen LogP contribution in [-0.4, -0.2) is 54.3 Å². The highest BCUT2D eigenvalue weighted by molar-refractivity contribution is 7.89. The molecule has 3 heterocycles. The zero-order chi connectivity index (χ0) is 21.1. The van der Waals surface area contributed by atoms with Crippen molar-refractivity contribution < 1.29 is 17.9 Å². The number of sulfonamides is 1. The Balaban J connectivity index is 1.43. The first-order valence-electron chi connectivity index (χ1n) is 9.61. The number of pyridine rings is 2. The van der Waals surface area contributed by atoms with Gasteiger partial charge >= 0.3 is 0 Å². The molecule has 0 saturated carbocycles. The summed E-state index contributed by atoms with van der Waals surface area (Å²) in [6.45, 7) is 2.27. The van der Waals surface area contributed by atoms with Gasteiger partial charge in [-0.25, -0.2) is 8.42 Å². The summed E-state index contributed by atoms with van der Waals surface area (Å²) in [4.78, 5) is 20.5. The summed E-state index contributed by atoms with van der Waals surface area (Å²) >= 11 is 0. The van der Waals surface area contributed by atoms with E-state index in [1.807, 2.05) is 13.0 Å². The normalized spacial score (nSPS) is 17.2. The molecule has 4 rings (SSSR count). The maximum atomic E-state index is 13.3. The van der Waals surface area contributed by atoms with Gasteiger partial charge in [0.2, 0.25) is 10.0 Å². The van der Waals surface area contributed by atoms with E-state index in [1.165, 1.54) is 10.5 Å². The number of carbonyl (C=O) groups is 1. The quantitative estimate of drug-likeness (QED) is 0.646. The Morgan fingerprint density at radius 3 is 2.87 bits per heavy atom. The first-order valence-corrected chi connectivity index (χ1v) is 11.0. The second kappa shape index (κ2) is 8.37. The lowest BCUT2D eigenvalue weighted by Gasteiger charge is -2.19. The molecule has 0 bridgehead atoms. The van der Waals surface area contributed by atoms with Gasteiger partial charge in [0.15, 0.2) is 6.61 Å². The van der Waals surface area contributed by atoms with Gasteiger partial charge < -0.3 is 10.1 Å². The number of rotatable bonds is 6. The minimum atomic E-state index is -3.70. The molecular formula is C21H22N4O4S. The van der Waals surface area contributed by atoms with E-state index in [4.69, 9.17) is 4.74 Å². The highest BCUT2D eigenvalue weighted by Crippen LogP contribution is 2.29. The summed E-state index contributed by atoms with van der Waals surface area (Å²) in [6, 6.07) is 8.37. The number of hydrogen-bond donors (Lipinski definition) is 1. The van der Waals surface area contributed by atoms with Crippen molar-refractivity contribution in [3.63, 3.8) is 0 Å². The lowest BCUT2D eigenvalue weighted by Crippen LogP contribution is -2.40. The van der Waals surface area contributed by atoms with Gasteiger partial charge in [-0.2, -0.15) is 4.31 Å². The topological polar surface area (TPSA) is 101 Å². The molecule has 1 aromatic carbocycles. The van der Waals surface area contributed by atoms with Crippen LogP contribution in [0.4, 0.5) is 0 Å². The van der Waals surface area contributed by atoms with Crippen molar-refractivity contribution in [2.24, 2.45) is 0 Å². The highest BCUT2D eigenvalue weighted by Gasteiger charge is 2.34. The molecule has 8 nitrogen and oxygen atoms in total. The molecule has 0 aliphatic carbocycles. The number of benzene rings is 1. The molecule has 1 aliphatic rings. The molecule has 1 N–H and O–H groups in total. The van der Waals surface area contributed by atoms with E-state index < -0.39 is 10.0 Å². The van der Waals surface area contributed by atoms with Crippen LogP contribution in [0.1, 0.15) is 12.0 Å². The van der Waals surface area contributed by atoms with Crippen LogP contribution in [0.2, 0.25) is 0 Å². The van der Waals surface area contributed by atoms with Crippen molar-refractivity contribution in [1.82, 2.24) is 19.6 Å². The second-order valence-electron chi connectivity index (χ2n) is 7.20. The van der Waals surface area contributed by atoms with Gasteiger partial charge in [-0.05, 0) is 37.1 Å². The van der Waals surface area contributed by atoms with Crippen molar-refractivity contribution in [3.05, 3.63) is 60.7 Å². The Morgan fingerprint density at radius 1 is 1.20 bits per heavy atom. The minimum Gasteiger partial charge on any atom is -0.482 e. The van der Waals surface area contributed by atoms with Gasteiger partial charge in [-0.15, -0.1) is 0 Å². The number of carbonyl (C=O) groups excluding carboxylic acids is 1. The molecule has 1 aliphatic heterocycles. The fraction of sp³-hybridized carbons (Fsp3) is 0.286. The zero-order valence-electron chi connectivity index (χ0n) is 16.5. The van der Waals surface area contributed by atoms with Crippen molar-refractivity contribution >= 4 is 26.7 Å². The van der Waals surface area contributed by atoms with Crippen molar-refractivity contribution in [2.75, 3.05) is 19.7 Å². The molecule has 30 heavy (non-hydrogen) atoms. The van der Waals surface area contributed by atoms with Crippen LogP contribution in [0.5, 0.6) is 5.75 Å². The van der Waals surface area contributed by atoms with Gasteiger partial charge in [-0.3, -0.25) is 14.8 Å². The van der Waals surface area contributed by atoms with E-state index in [-0.39, 0.29) is 30.0 Å². The van der Waals surface area contributed by atoms with E-state index in [0.29, 0.717) is 24.1 Å². The lowest BCUT2D eigenvalue weighted by atomic mass is 10.1. The van der Waals surface area contributed by atoms with Gasteiger partial charge in [0, 0.05) is 48.5 Å². The van der Waals surface area contributed by atoms with Gasteiger partial charge in [0.05, 0.1) is 11.1 Å². The van der Waals surface area contributed by atoms with Gasteiger partial charge in [0.25, 0.3) is 5.91 Å². The van der Waals surface area contributed by atoms with Crippen LogP contribution in [0.3, 0.4) is 0 Å². The Labute approximate surface area is 175 Å². The number of hydrogen-bond acceptors (Lipinski definition) is 6. The predicted octanol–water partition coefficient (Wildman–Crippen LogP) is 1.90. The Kier molecular flexibility index (Phi) is 5.65. The van der Waals surface area contributed by atoms with Crippen LogP contribution < -0.4 is 10.1 Å². The van der Waals surface area contributed by atoms with Crippen LogP contribution in [0.15, 0.2) is 60.0 Å². The number of fused-ring (bicyclic) bond motifs is 1. The van der Waals surface area contributed by atoms with Crippen LogP contribution in [0, 0.1) is 6.92 Å². The monoisotopic (exact) mass is 426 g/mol. The third kappa shape index (κ3) is 4.12. The summed E-state index contributed by atoms with van der Waals surface area (Å²) in [5.41, 5.74) is 0.809. The largest absolute Gasteiger partial charge is 0.482 e. The van der Waals surface area contributed by atoms with E-state index in [0.717, 1.165) is 10.9 Å². The molecule has 0 spiro atoms. The second-order valence-corrected chi connectivity index (χ2v) is 9.11. The first kappa shape index (κ1) is 20.2. The summed E-state index contributed by atoms with van der Waals surface area (Å²) in [7, 11) is -3.70. The summed E-state index contributed by atoms with van der Waals surface area (Å²) < 4.78 is 33.4. The highest BCUT2D eigenvalue weighted by atomic mass is 32.2. The zero-order valence-corrected chi connectivity index (χ0v) is 17.3. The minimum absolute atomic E-state index is 0.148. The SMILES string of the molecule is Cc1cncc2cccc(S(=O)(=O)N3CC[C@@H](NC(=O)COc4cccnc4)C3)c12. The number of amides is 1. The average Bonchev–Trinajstić information content (AvgIpc) is 3.22. The molecule has 0 radical (unpaired) electrons. The van der Waals surface area contributed by atoms with E-state index in [9.17, 15) is 13.2 Å². The van der Waals surface area contributed by atoms with Crippen LogP contribution in [-0.2, 0) is 14.8 Å². The van der Waals surface area contributed by atoms with Gasteiger partial charge in [-0.1, -0.05) is 12.1 Å². The number of aryl methyl sites for hydroxylation is 1. The lowest BCUT2D eigenvalue weighted by molar-refractivity contribution is -0.123. The third-order valence-electron chi connectivity index (χ3n) is 5.07. The molecule has 1 saturated heterocycles. The molecular weight excluding hydrogens is 404 g/mol. The summed E-state index contributed by atoms with van der Waals surface area (Å²) in [5, 5.41) is 4.32. The smallest absolute Gasteiger partial charge is 0.258 e. The number of aromatic nitrogens is 2. The fourth-order valence-corrected chi connectivity index (χ4v) is 5.43. The van der Waals surface area contributed by atoms with E-state index in [1.54, 1.807) is 42.9 Å². The van der Waals surface area contributed by atoms with Gasteiger partial charge in [0.1, 0.15) is 5.75 Å². The number of nitrogens with zero attached hydrogens (tertiary/aromatic N) is 3. The molecule has 0 unspecified atom stereocenters. The molecule has 3 aromatic rings. The molecule has 1 fully saturated rings. The fourth-order valence-electron chi connectivity index (χ4n) is 3.64. The number of ether oxygens (including phenoxy) is 1. The average molecular weight is 426 g/mol. The summed E-state index contributed by atoms with van der Waals surface area (Å²) in [6.07, 6.45) is 7.02.